The minimum atomic E-state index is -1.01. The van der Waals surface area contributed by atoms with Crippen molar-refractivity contribution in [3.8, 4) is 0 Å². The van der Waals surface area contributed by atoms with E-state index in [1.165, 1.54) is 35.3 Å². The normalized spacial score (nSPS) is 10.8. The molecule has 144 valence electrons. The molecule has 0 unspecified atom stereocenters. The Morgan fingerprint density at radius 1 is 0.929 bits per heavy atom. The van der Waals surface area contributed by atoms with E-state index in [-0.39, 0.29) is 5.56 Å². The molecule has 0 bridgehead atoms. The zero-order valence-electron chi connectivity index (χ0n) is 15.0. The van der Waals surface area contributed by atoms with Crippen LogP contribution in [0.1, 0.15) is 21.5 Å². The maximum atomic E-state index is 12.0. The topological polar surface area (TPSA) is 63.1 Å². The number of aromatic nitrogens is 2. The van der Waals surface area contributed by atoms with Gasteiger partial charge in [-0.05, 0) is 29.5 Å². The molecule has 0 saturated carbocycles. The smallest absolute Gasteiger partial charge is 0.341 e. The number of rotatable bonds is 8. The van der Waals surface area contributed by atoms with Gasteiger partial charge in [0.25, 0.3) is 0 Å². The third-order valence-electron chi connectivity index (χ3n) is 3.73. The number of hydrogen-bond acceptors (Lipinski definition) is 6. The summed E-state index contributed by atoms with van der Waals surface area (Å²) < 4.78 is 0. The molecule has 0 amide bonds. The van der Waals surface area contributed by atoms with E-state index in [2.05, 4.69) is 9.97 Å². The highest BCUT2D eigenvalue weighted by Gasteiger charge is 2.21. The molecule has 1 heterocycles. The quantitative estimate of drug-likeness (QED) is 0.252. The van der Waals surface area contributed by atoms with E-state index in [9.17, 15) is 9.90 Å². The first-order chi connectivity index (χ1) is 13.6. The lowest BCUT2D eigenvalue weighted by Crippen LogP contribution is -2.07. The minimum absolute atomic E-state index is 0.165. The van der Waals surface area contributed by atoms with Crippen molar-refractivity contribution in [1.82, 2.24) is 9.97 Å². The van der Waals surface area contributed by atoms with Gasteiger partial charge in [-0.25, -0.2) is 14.8 Å². The second-order valence-corrected chi connectivity index (χ2v) is 8.83. The molecule has 0 spiro atoms. The third kappa shape index (κ3) is 5.67. The van der Waals surface area contributed by atoms with Crippen molar-refractivity contribution in [2.24, 2.45) is 0 Å². The number of halogens is 1. The molecule has 8 heteroatoms. The number of carbonyl (C=O) groups is 1. The van der Waals surface area contributed by atoms with Crippen LogP contribution in [0.2, 0.25) is 5.02 Å². The van der Waals surface area contributed by atoms with Crippen molar-refractivity contribution in [3.05, 3.63) is 76.3 Å². The molecular weight excluding hydrogens is 432 g/mol. The fourth-order valence-corrected chi connectivity index (χ4v) is 4.97. The van der Waals surface area contributed by atoms with Crippen LogP contribution in [0, 0.1) is 0 Å². The van der Waals surface area contributed by atoms with Gasteiger partial charge in [0.15, 0.2) is 5.16 Å². The largest absolute Gasteiger partial charge is 0.477 e. The molecule has 0 fully saturated rings. The molecular formula is C20H17ClN2O2S3. The third-order valence-corrected chi connectivity index (χ3v) is 6.62. The Hall–Kier alpha value is -1.67. The summed E-state index contributed by atoms with van der Waals surface area (Å²) in [5.41, 5.74) is 2.33. The Morgan fingerprint density at radius 2 is 1.46 bits per heavy atom. The lowest BCUT2D eigenvalue weighted by atomic mass is 10.2. The van der Waals surface area contributed by atoms with Gasteiger partial charge in [0.1, 0.15) is 15.6 Å². The number of aromatic carboxylic acids is 1. The zero-order valence-corrected chi connectivity index (χ0v) is 18.2. The van der Waals surface area contributed by atoms with Crippen LogP contribution >= 0.6 is 46.9 Å². The standard InChI is InChI=1S/C20H17ClN2O2S3/c1-26-20-22-17(27-11-13-5-3-2-4-6-13)16(19(24)25)18(23-20)28-12-14-7-9-15(21)10-8-14/h2-10H,11-12H2,1H3,(H,24,25). The lowest BCUT2D eigenvalue weighted by molar-refractivity contribution is 0.0686. The van der Waals surface area contributed by atoms with Crippen LogP contribution in [0.5, 0.6) is 0 Å². The van der Waals surface area contributed by atoms with Crippen LogP contribution in [0.15, 0.2) is 69.8 Å². The molecule has 2 aromatic carbocycles. The van der Waals surface area contributed by atoms with E-state index < -0.39 is 5.97 Å². The van der Waals surface area contributed by atoms with Gasteiger partial charge < -0.3 is 5.11 Å². The maximum Gasteiger partial charge on any atom is 0.341 e. The summed E-state index contributed by atoms with van der Waals surface area (Å²) in [6, 6.07) is 17.4. The Labute approximate surface area is 181 Å². The van der Waals surface area contributed by atoms with Gasteiger partial charge in [0.2, 0.25) is 0 Å². The van der Waals surface area contributed by atoms with E-state index in [1.54, 1.807) is 0 Å². The van der Waals surface area contributed by atoms with Crippen LogP contribution in [-0.4, -0.2) is 27.3 Å². The first kappa shape index (κ1) is 21.0. The summed E-state index contributed by atoms with van der Waals surface area (Å²) in [6.07, 6.45) is 1.88. The first-order valence-electron chi connectivity index (χ1n) is 8.30. The minimum Gasteiger partial charge on any atom is -0.477 e. The predicted octanol–water partition coefficient (Wildman–Crippen LogP) is 6.13. The van der Waals surface area contributed by atoms with Crippen molar-refractivity contribution in [1.29, 1.82) is 0 Å². The van der Waals surface area contributed by atoms with E-state index in [0.29, 0.717) is 31.7 Å². The van der Waals surface area contributed by atoms with Gasteiger partial charge >= 0.3 is 5.97 Å². The molecule has 0 aliphatic heterocycles. The highest BCUT2D eigenvalue weighted by atomic mass is 35.5. The number of carboxylic acids is 1. The first-order valence-corrected chi connectivity index (χ1v) is 11.9. The highest BCUT2D eigenvalue weighted by Crippen LogP contribution is 2.34. The lowest BCUT2D eigenvalue weighted by Gasteiger charge is -2.11. The van der Waals surface area contributed by atoms with Crippen LogP contribution in [0.4, 0.5) is 0 Å². The average Bonchev–Trinajstić information content (AvgIpc) is 2.71. The fraction of sp³-hybridized carbons (Fsp3) is 0.150. The van der Waals surface area contributed by atoms with Crippen molar-refractivity contribution in [2.75, 3.05) is 6.26 Å². The van der Waals surface area contributed by atoms with E-state index in [0.717, 1.165) is 11.1 Å². The monoisotopic (exact) mass is 448 g/mol. The number of thioether (sulfide) groups is 3. The Kier molecular flexibility index (Phi) is 7.67. The second-order valence-electron chi connectivity index (χ2n) is 5.69. The molecule has 1 aromatic heterocycles. The van der Waals surface area contributed by atoms with E-state index in [1.807, 2.05) is 60.9 Å². The number of carboxylic acid groups (broad SMARTS) is 1. The van der Waals surface area contributed by atoms with Gasteiger partial charge in [-0.2, -0.15) is 0 Å². The van der Waals surface area contributed by atoms with Crippen LogP contribution in [0.25, 0.3) is 0 Å². The summed E-state index contributed by atoms with van der Waals surface area (Å²) in [7, 11) is 0. The molecule has 0 saturated heterocycles. The Morgan fingerprint density at radius 3 is 1.96 bits per heavy atom. The summed E-state index contributed by atoms with van der Waals surface area (Å²) in [5, 5.41) is 12.0. The Balaban J connectivity index is 1.87. The molecule has 0 aliphatic carbocycles. The SMILES string of the molecule is CSc1nc(SCc2ccccc2)c(C(=O)O)c(SCc2ccc(Cl)cc2)n1. The van der Waals surface area contributed by atoms with Crippen LogP contribution in [-0.2, 0) is 11.5 Å². The molecule has 0 aliphatic rings. The molecule has 0 atom stereocenters. The number of nitrogens with zero attached hydrogens (tertiary/aromatic N) is 2. The van der Waals surface area contributed by atoms with Crippen molar-refractivity contribution >= 4 is 52.9 Å². The van der Waals surface area contributed by atoms with Crippen LogP contribution in [0.3, 0.4) is 0 Å². The number of hydrogen-bond donors (Lipinski definition) is 1. The van der Waals surface area contributed by atoms with E-state index in [4.69, 9.17) is 11.6 Å². The molecule has 3 aromatic rings. The zero-order chi connectivity index (χ0) is 19.9. The molecule has 3 rings (SSSR count). The van der Waals surface area contributed by atoms with Crippen molar-refractivity contribution < 1.29 is 9.90 Å². The number of benzene rings is 2. The predicted molar refractivity (Wildman–Crippen MR) is 118 cm³/mol. The Bertz CT molecular complexity index is 954. The van der Waals surface area contributed by atoms with Gasteiger partial charge in [0, 0.05) is 16.5 Å². The molecule has 4 nitrogen and oxygen atoms in total. The van der Waals surface area contributed by atoms with Crippen LogP contribution < -0.4 is 0 Å². The maximum absolute atomic E-state index is 12.0. The van der Waals surface area contributed by atoms with Gasteiger partial charge in [-0.1, -0.05) is 65.8 Å². The summed E-state index contributed by atoms with van der Waals surface area (Å²) in [5.74, 6) is 0.236. The van der Waals surface area contributed by atoms with Gasteiger partial charge in [0.05, 0.1) is 0 Å². The van der Waals surface area contributed by atoms with Crippen molar-refractivity contribution in [2.45, 2.75) is 26.7 Å². The molecule has 0 radical (unpaired) electrons. The average molecular weight is 449 g/mol. The fourth-order valence-electron chi connectivity index (χ4n) is 2.34. The summed E-state index contributed by atoms with van der Waals surface area (Å²) in [4.78, 5) is 20.9. The van der Waals surface area contributed by atoms with Gasteiger partial charge in [-0.3, -0.25) is 0 Å². The molecule has 1 N–H and O–H groups in total. The molecule has 28 heavy (non-hydrogen) atoms. The van der Waals surface area contributed by atoms with Gasteiger partial charge in [-0.15, -0.1) is 23.5 Å². The van der Waals surface area contributed by atoms with Crippen molar-refractivity contribution in [3.63, 3.8) is 0 Å². The highest BCUT2D eigenvalue weighted by molar-refractivity contribution is 7.99. The summed E-state index contributed by atoms with van der Waals surface area (Å²) >= 11 is 10.2. The van der Waals surface area contributed by atoms with E-state index >= 15 is 0 Å². The second kappa shape index (κ2) is 10.2. The summed E-state index contributed by atoms with van der Waals surface area (Å²) in [6.45, 7) is 0.